The van der Waals surface area contributed by atoms with Gasteiger partial charge in [-0.25, -0.2) is 10.2 Å². The third kappa shape index (κ3) is 2.62. The topological polar surface area (TPSA) is 61.4 Å². The summed E-state index contributed by atoms with van der Waals surface area (Å²) in [5.41, 5.74) is 1.99. The van der Waals surface area contributed by atoms with Crippen molar-refractivity contribution >= 4 is 7.67 Å². The van der Waals surface area contributed by atoms with Crippen LogP contribution in [0.4, 0.5) is 0 Å². The maximum Gasteiger partial charge on any atom is 0.339 e. The van der Waals surface area contributed by atoms with Crippen LogP contribution in [-0.4, -0.2) is 4.89 Å². The fraction of sp³-hybridized carbons (Fsp3) is 0.143. The van der Waals surface area contributed by atoms with Gasteiger partial charge in [0.15, 0.2) is 0 Å². The van der Waals surface area contributed by atoms with Gasteiger partial charge < -0.3 is 4.89 Å². The third-order valence-electron chi connectivity index (χ3n) is 3.28. The van der Waals surface area contributed by atoms with Crippen LogP contribution in [0.15, 0.2) is 60.7 Å². The summed E-state index contributed by atoms with van der Waals surface area (Å²) in [6.07, 6.45) is 0. The summed E-state index contributed by atoms with van der Waals surface area (Å²) in [7, 11) is -3.49. The van der Waals surface area contributed by atoms with Crippen molar-refractivity contribution in [3.8, 4) is 0 Å². The van der Waals surface area contributed by atoms with E-state index in [4.69, 9.17) is 0 Å². The molecule has 0 bridgehead atoms. The van der Waals surface area contributed by atoms with Gasteiger partial charge in [0.25, 0.3) is 0 Å². The van der Waals surface area contributed by atoms with Crippen molar-refractivity contribution in [3.63, 3.8) is 0 Å². The maximum absolute atomic E-state index is 11.9. The van der Waals surface area contributed by atoms with Gasteiger partial charge in [-0.2, -0.15) is 0 Å². The van der Waals surface area contributed by atoms with Gasteiger partial charge in [-0.05, 0) is 11.1 Å². The predicted octanol–water partition coefficient (Wildman–Crippen LogP) is 2.76. The first kappa shape index (κ1) is 12.6. The van der Waals surface area contributed by atoms with Crippen LogP contribution in [-0.2, 0) is 4.57 Å². The Morgan fingerprint density at radius 2 is 1.16 bits per heavy atom. The second-order valence-electron chi connectivity index (χ2n) is 4.61. The molecule has 19 heavy (non-hydrogen) atoms. The molecule has 4 nitrogen and oxygen atoms in total. The quantitative estimate of drug-likeness (QED) is 0.737. The molecule has 0 spiro atoms. The number of hydrogen-bond donors (Lipinski definition) is 3. The Labute approximate surface area is 112 Å². The van der Waals surface area contributed by atoms with Crippen LogP contribution in [0, 0.1) is 0 Å². The Bertz CT molecular complexity index is 552. The standard InChI is InChI=1S/C14H15N2O2P/c17-19(18)15-13(11-7-3-1-4-8-11)14(16-19)12-9-5-2-6-10-12/h1-10,13-14H,(H3,15,16,17,18). The average Bonchev–Trinajstić information content (AvgIpc) is 2.77. The molecule has 1 heterocycles. The minimum atomic E-state index is -3.49. The molecular formula is C14H15N2O2P. The normalized spacial score (nSPS) is 30.4. The highest BCUT2D eigenvalue weighted by molar-refractivity contribution is 7.54. The first-order valence-corrected chi connectivity index (χ1v) is 7.80. The SMILES string of the molecule is O=P1(O)NC(c2ccccc2)C(c2ccccc2)N1. The highest BCUT2D eigenvalue weighted by Gasteiger charge is 2.40. The van der Waals surface area contributed by atoms with Gasteiger partial charge in [-0.15, -0.1) is 0 Å². The molecule has 5 heteroatoms. The van der Waals surface area contributed by atoms with E-state index in [2.05, 4.69) is 10.2 Å². The summed E-state index contributed by atoms with van der Waals surface area (Å²) < 4.78 is 11.9. The average molecular weight is 274 g/mol. The molecule has 98 valence electrons. The molecule has 1 aliphatic rings. The Balaban J connectivity index is 2.00. The molecule has 2 aromatic rings. The van der Waals surface area contributed by atoms with E-state index in [1.165, 1.54) is 0 Å². The number of rotatable bonds is 2. The molecule has 0 aliphatic carbocycles. The van der Waals surface area contributed by atoms with Crippen molar-refractivity contribution in [3.05, 3.63) is 71.8 Å². The zero-order chi connectivity index (χ0) is 13.3. The molecule has 3 rings (SSSR count). The first-order valence-electron chi connectivity index (χ1n) is 6.14. The highest BCUT2D eigenvalue weighted by Crippen LogP contribution is 2.49. The van der Waals surface area contributed by atoms with Crippen LogP contribution in [0.1, 0.15) is 23.2 Å². The molecule has 1 saturated heterocycles. The predicted molar refractivity (Wildman–Crippen MR) is 74.5 cm³/mol. The van der Waals surface area contributed by atoms with Crippen molar-refractivity contribution < 1.29 is 9.46 Å². The number of benzene rings is 2. The molecule has 2 aromatic carbocycles. The summed E-state index contributed by atoms with van der Waals surface area (Å²) >= 11 is 0. The number of hydrogen-bond acceptors (Lipinski definition) is 1. The van der Waals surface area contributed by atoms with Gasteiger partial charge in [-0.1, -0.05) is 60.7 Å². The Hall–Kier alpha value is -1.45. The van der Waals surface area contributed by atoms with Crippen LogP contribution in [0.25, 0.3) is 0 Å². The van der Waals surface area contributed by atoms with E-state index in [1.54, 1.807) is 0 Å². The Morgan fingerprint density at radius 1 is 0.789 bits per heavy atom. The maximum atomic E-state index is 11.9. The van der Waals surface area contributed by atoms with Gasteiger partial charge >= 0.3 is 7.67 Å². The molecule has 1 fully saturated rings. The lowest BCUT2D eigenvalue weighted by molar-refractivity contribution is 0.463. The van der Waals surface area contributed by atoms with E-state index < -0.39 is 7.67 Å². The fourth-order valence-electron chi connectivity index (χ4n) is 2.42. The molecule has 3 N–H and O–H groups in total. The van der Waals surface area contributed by atoms with E-state index in [-0.39, 0.29) is 12.1 Å². The second-order valence-corrected chi connectivity index (χ2v) is 6.28. The lowest BCUT2D eigenvalue weighted by Gasteiger charge is -2.18. The second kappa shape index (κ2) is 4.91. The van der Waals surface area contributed by atoms with Crippen molar-refractivity contribution in [1.82, 2.24) is 10.2 Å². The molecule has 0 saturated carbocycles. The van der Waals surface area contributed by atoms with Crippen LogP contribution < -0.4 is 10.2 Å². The summed E-state index contributed by atoms with van der Waals surface area (Å²) in [6.45, 7) is 0. The lowest BCUT2D eigenvalue weighted by atomic mass is 9.95. The van der Waals surface area contributed by atoms with Gasteiger partial charge in [0.05, 0.1) is 12.1 Å². The highest BCUT2D eigenvalue weighted by atomic mass is 31.2. The molecule has 0 amide bonds. The number of nitrogens with one attached hydrogen (secondary N) is 2. The van der Waals surface area contributed by atoms with E-state index in [0.717, 1.165) is 11.1 Å². The van der Waals surface area contributed by atoms with E-state index in [1.807, 2.05) is 60.7 Å². The minimum Gasteiger partial charge on any atom is -0.322 e. The monoisotopic (exact) mass is 274 g/mol. The molecule has 0 aromatic heterocycles. The summed E-state index contributed by atoms with van der Waals surface area (Å²) in [5.74, 6) is 0. The molecule has 2 unspecified atom stereocenters. The van der Waals surface area contributed by atoms with Gasteiger partial charge in [0, 0.05) is 0 Å². The zero-order valence-corrected chi connectivity index (χ0v) is 11.1. The Kier molecular flexibility index (Phi) is 3.25. The molecule has 2 atom stereocenters. The van der Waals surface area contributed by atoms with Crippen LogP contribution in [0.2, 0.25) is 0 Å². The third-order valence-corrected chi connectivity index (χ3v) is 4.54. The van der Waals surface area contributed by atoms with Gasteiger partial charge in [0.1, 0.15) is 0 Å². The largest absolute Gasteiger partial charge is 0.339 e. The molecular weight excluding hydrogens is 259 g/mol. The fourth-order valence-corrected chi connectivity index (χ4v) is 3.84. The Morgan fingerprint density at radius 3 is 1.53 bits per heavy atom. The van der Waals surface area contributed by atoms with Crippen LogP contribution in [0.5, 0.6) is 0 Å². The van der Waals surface area contributed by atoms with E-state index in [0.29, 0.717) is 0 Å². The first-order chi connectivity index (χ1) is 9.16. The summed E-state index contributed by atoms with van der Waals surface area (Å²) in [5, 5.41) is 5.59. The van der Waals surface area contributed by atoms with Crippen LogP contribution in [0.3, 0.4) is 0 Å². The van der Waals surface area contributed by atoms with Crippen molar-refractivity contribution in [2.75, 3.05) is 0 Å². The van der Waals surface area contributed by atoms with Gasteiger partial charge in [-0.3, -0.25) is 4.57 Å². The summed E-state index contributed by atoms with van der Waals surface area (Å²) in [4.78, 5) is 9.79. The molecule has 1 aliphatic heterocycles. The van der Waals surface area contributed by atoms with Crippen molar-refractivity contribution in [2.24, 2.45) is 0 Å². The van der Waals surface area contributed by atoms with E-state index >= 15 is 0 Å². The van der Waals surface area contributed by atoms with Crippen molar-refractivity contribution in [1.29, 1.82) is 0 Å². The van der Waals surface area contributed by atoms with E-state index in [9.17, 15) is 9.46 Å². The lowest BCUT2D eigenvalue weighted by Crippen LogP contribution is -2.17. The van der Waals surface area contributed by atoms with Crippen molar-refractivity contribution in [2.45, 2.75) is 12.1 Å². The van der Waals surface area contributed by atoms with Crippen LogP contribution >= 0.6 is 7.67 Å². The summed E-state index contributed by atoms with van der Waals surface area (Å²) in [6, 6.07) is 19.0. The van der Waals surface area contributed by atoms with Gasteiger partial charge in [0.2, 0.25) is 0 Å². The minimum absolute atomic E-state index is 0.209. The zero-order valence-electron chi connectivity index (χ0n) is 10.2. The molecule has 0 radical (unpaired) electrons. The smallest absolute Gasteiger partial charge is 0.322 e.